The Hall–Kier alpha value is -1.57. The fraction of sp³-hybridized carbons (Fsp3) is 0.750. The van der Waals surface area contributed by atoms with Crippen molar-refractivity contribution in [1.29, 1.82) is 0 Å². The number of aliphatic carboxylic acids is 1. The van der Waals surface area contributed by atoms with Crippen molar-refractivity contribution in [3.63, 3.8) is 0 Å². The monoisotopic (exact) mass is 564 g/mol. The summed E-state index contributed by atoms with van der Waals surface area (Å²) in [6.45, 7) is 10.8. The van der Waals surface area contributed by atoms with Gasteiger partial charge in [0.1, 0.15) is 11.8 Å². The smallest absolute Gasteiger partial charge is 0.322 e. The summed E-state index contributed by atoms with van der Waals surface area (Å²) in [5.74, 6) is 0.0221. The normalized spacial score (nSPS) is 14.1. The standard InChI is InChI=1S/C32H56N2O4S/c1-7-8-9-10-11-12-13-14-15-16-17-18-22-38-30-25(20-19-21-26(30)32(3,4)5)29(24(2)35)34-27(23-39-6)28(33)31(36)37/h19-21,27-29,34H,7-18,22-23,33H2,1-6H3,(H,36,37). The Morgan fingerprint density at radius 2 is 1.51 bits per heavy atom. The van der Waals surface area contributed by atoms with Gasteiger partial charge in [-0.05, 0) is 30.6 Å². The molecular formula is C32H56N2O4S. The van der Waals surface area contributed by atoms with Gasteiger partial charge in [0.05, 0.1) is 12.6 Å². The van der Waals surface area contributed by atoms with E-state index in [4.69, 9.17) is 10.5 Å². The van der Waals surface area contributed by atoms with Gasteiger partial charge >= 0.3 is 5.97 Å². The molecule has 0 bridgehead atoms. The number of thioether (sulfide) groups is 1. The van der Waals surface area contributed by atoms with Crippen molar-refractivity contribution >= 4 is 23.5 Å². The summed E-state index contributed by atoms with van der Waals surface area (Å²) in [6, 6.07) is 3.54. The predicted molar refractivity (Wildman–Crippen MR) is 166 cm³/mol. The van der Waals surface area contributed by atoms with Crippen molar-refractivity contribution in [1.82, 2.24) is 5.32 Å². The van der Waals surface area contributed by atoms with E-state index >= 15 is 0 Å². The molecule has 0 saturated heterocycles. The zero-order valence-corrected chi connectivity index (χ0v) is 26.3. The first-order chi connectivity index (χ1) is 18.5. The van der Waals surface area contributed by atoms with Gasteiger partial charge in [0.25, 0.3) is 0 Å². The molecule has 1 rings (SSSR count). The maximum Gasteiger partial charge on any atom is 0.322 e. The van der Waals surface area contributed by atoms with Crippen LogP contribution in [0.3, 0.4) is 0 Å². The third-order valence-electron chi connectivity index (χ3n) is 7.26. The van der Waals surface area contributed by atoms with Gasteiger partial charge < -0.3 is 15.6 Å². The Bertz CT molecular complexity index is 840. The fourth-order valence-electron chi connectivity index (χ4n) is 4.90. The number of carboxylic acid groups (broad SMARTS) is 1. The summed E-state index contributed by atoms with van der Waals surface area (Å²) < 4.78 is 6.42. The summed E-state index contributed by atoms with van der Waals surface area (Å²) in [6.07, 6.45) is 17.3. The van der Waals surface area contributed by atoms with Crippen LogP contribution in [-0.4, -0.2) is 47.6 Å². The number of Topliss-reactive ketones (excluding diaryl/α,β-unsaturated/α-hetero) is 1. The molecule has 0 heterocycles. The molecule has 0 aliphatic rings. The molecule has 3 atom stereocenters. The minimum Gasteiger partial charge on any atom is -0.493 e. The summed E-state index contributed by atoms with van der Waals surface area (Å²) in [7, 11) is 0. The molecule has 39 heavy (non-hydrogen) atoms. The molecule has 1 aromatic carbocycles. The lowest BCUT2D eigenvalue weighted by Crippen LogP contribution is -2.53. The van der Waals surface area contributed by atoms with E-state index in [1.54, 1.807) is 0 Å². The highest BCUT2D eigenvalue weighted by Gasteiger charge is 2.32. The second kappa shape index (κ2) is 19.5. The number of benzene rings is 1. The lowest BCUT2D eigenvalue weighted by Gasteiger charge is -2.30. The summed E-state index contributed by atoms with van der Waals surface area (Å²) >= 11 is 1.50. The Morgan fingerprint density at radius 3 is 1.97 bits per heavy atom. The second-order valence-electron chi connectivity index (χ2n) is 11.8. The molecule has 0 radical (unpaired) electrons. The number of ether oxygens (including phenoxy) is 1. The molecule has 3 unspecified atom stereocenters. The molecule has 6 nitrogen and oxygen atoms in total. The summed E-state index contributed by atoms with van der Waals surface area (Å²) in [4.78, 5) is 24.5. The number of carbonyl (C=O) groups excluding carboxylic acids is 1. The van der Waals surface area contributed by atoms with Crippen molar-refractivity contribution in [2.75, 3.05) is 18.6 Å². The number of ketones is 1. The van der Waals surface area contributed by atoms with Crippen molar-refractivity contribution < 1.29 is 19.4 Å². The molecule has 4 N–H and O–H groups in total. The van der Waals surface area contributed by atoms with E-state index in [-0.39, 0.29) is 11.2 Å². The summed E-state index contributed by atoms with van der Waals surface area (Å²) in [5, 5.41) is 12.8. The van der Waals surface area contributed by atoms with Gasteiger partial charge in [-0.1, -0.05) is 117 Å². The van der Waals surface area contributed by atoms with Gasteiger partial charge in [-0.25, -0.2) is 0 Å². The van der Waals surface area contributed by atoms with Crippen LogP contribution in [0.5, 0.6) is 5.75 Å². The lowest BCUT2D eigenvalue weighted by molar-refractivity contribution is -0.139. The second-order valence-corrected chi connectivity index (χ2v) is 12.8. The zero-order chi connectivity index (χ0) is 29.3. The topological polar surface area (TPSA) is 102 Å². The highest BCUT2D eigenvalue weighted by atomic mass is 32.2. The van der Waals surface area contributed by atoms with E-state index in [0.29, 0.717) is 12.4 Å². The SMILES string of the molecule is CCCCCCCCCCCCCCOc1c(C(NC(CSC)C(N)C(=O)O)C(C)=O)cccc1C(C)(C)C. The average Bonchev–Trinajstić information content (AvgIpc) is 2.88. The number of nitrogens with one attached hydrogen (secondary N) is 1. The number of hydrogen-bond donors (Lipinski definition) is 3. The van der Waals surface area contributed by atoms with E-state index in [0.717, 1.165) is 29.7 Å². The minimum absolute atomic E-state index is 0.0973. The number of carbonyl (C=O) groups is 2. The molecule has 1 aromatic rings. The van der Waals surface area contributed by atoms with Crippen LogP contribution >= 0.6 is 11.8 Å². The number of nitrogens with two attached hydrogens (primary N) is 1. The van der Waals surface area contributed by atoms with E-state index in [1.807, 2.05) is 18.4 Å². The van der Waals surface area contributed by atoms with Crippen molar-refractivity contribution in [2.45, 2.75) is 135 Å². The van der Waals surface area contributed by atoms with Gasteiger partial charge in [0, 0.05) is 17.4 Å². The van der Waals surface area contributed by atoms with E-state index in [2.05, 4.69) is 39.1 Å². The third kappa shape index (κ3) is 13.6. The zero-order valence-electron chi connectivity index (χ0n) is 25.5. The molecule has 224 valence electrons. The van der Waals surface area contributed by atoms with Crippen LogP contribution in [0.4, 0.5) is 0 Å². The summed E-state index contributed by atoms with van der Waals surface area (Å²) in [5.41, 5.74) is 7.59. The van der Waals surface area contributed by atoms with E-state index in [1.165, 1.54) is 82.9 Å². The third-order valence-corrected chi connectivity index (χ3v) is 7.95. The number of hydrogen-bond acceptors (Lipinski definition) is 6. The first-order valence-electron chi connectivity index (χ1n) is 15.0. The van der Waals surface area contributed by atoms with Crippen molar-refractivity contribution in [3.05, 3.63) is 29.3 Å². The maximum absolute atomic E-state index is 12.9. The predicted octanol–water partition coefficient (Wildman–Crippen LogP) is 7.43. The molecule has 0 aliphatic carbocycles. The number of rotatable bonds is 22. The van der Waals surface area contributed by atoms with Crippen LogP contribution in [0, 0.1) is 0 Å². The first kappa shape index (κ1) is 35.5. The Labute approximate surface area is 242 Å². The van der Waals surface area contributed by atoms with Crippen LogP contribution in [0.2, 0.25) is 0 Å². The van der Waals surface area contributed by atoms with Gasteiger partial charge in [0.2, 0.25) is 0 Å². The fourth-order valence-corrected chi connectivity index (χ4v) is 5.56. The first-order valence-corrected chi connectivity index (χ1v) is 16.4. The molecule has 0 spiro atoms. The molecular weight excluding hydrogens is 508 g/mol. The van der Waals surface area contributed by atoms with Crippen LogP contribution < -0.4 is 15.8 Å². The average molecular weight is 565 g/mol. The van der Waals surface area contributed by atoms with Crippen LogP contribution in [0.15, 0.2) is 18.2 Å². The largest absolute Gasteiger partial charge is 0.493 e. The van der Waals surface area contributed by atoms with E-state index < -0.39 is 24.1 Å². The van der Waals surface area contributed by atoms with Crippen LogP contribution in [0.1, 0.15) is 129 Å². The highest BCUT2D eigenvalue weighted by molar-refractivity contribution is 7.98. The maximum atomic E-state index is 12.9. The Balaban J connectivity index is 2.81. The van der Waals surface area contributed by atoms with Gasteiger partial charge in [0.15, 0.2) is 5.78 Å². The molecule has 0 aromatic heterocycles. The quantitative estimate of drug-likeness (QED) is 0.126. The Morgan fingerprint density at radius 1 is 0.974 bits per heavy atom. The molecule has 0 aliphatic heterocycles. The lowest BCUT2D eigenvalue weighted by atomic mass is 9.83. The van der Waals surface area contributed by atoms with Crippen LogP contribution in [-0.2, 0) is 15.0 Å². The van der Waals surface area contributed by atoms with Gasteiger partial charge in [-0.3, -0.25) is 14.9 Å². The number of unbranched alkanes of at least 4 members (excludes halogenated alkanes) is 11. The van der Waals surface area contributed by atoms with Gasteiger partial charge in [-0.15, -0.1) is 0 Å². The number of para-hydroxylation sites is 1. The molecule has 0 amide bonds. The van der Waals surface area contributed by atoms with E-state index in [9.17, 15) is 14.7 Å². The van der Waals surface area contributed by atoms with Crippen molar-refractivity contribution in [3.8, 4) is 5.75 Å². The molecule has 7 heteroatoms. The van der Waals surface area contributed by atoms with Gasteiger partial charge in [-0.2, -0.15) is 11.8 Å². The molecule has 0 fully saturated rings. The minimum atomic E-state index is -1.12. The number of carboxylic acids is 1. The Kier molecular flexibility index (Phi) is 17.7. The van der Waals surface area contributed by atoms with Crippen LogP contribution in [0.25, 0.3) is 0 Å². The molecule has 0 saturated carbocycles. The van der Waals surface area contributed by atoms with Crippen molar-refractivity contribution in [2.24, 2.45) is 5.73 Å². The highest BCUT2D eigenvalue weighted by Crippen LogP contribution is 2.37.